The van der Waals surface area contributed by atoms with Crippen LogP contribution in [0, 0.1) is 0 Å². The summed E-state index contributed by atoms with van der Waals surface area (Å²) in [6.45, 7) is 0.159. The van der Waals surface area contributed by atoms with Crippen molar-refractivity contribution >= 4 is 27.7 Å². The molecule has 0 saturated carbocycles. The molecule has 5 heteroatoms. The Morgan fingerprint density at radius 2 is 2.06 bits per heavy atom. The Bertz CT molecular complexity index is 533. The lowest BCUT2D eigenvalue weighted by atomic mass is 10.2. The molecule has 0 radical (unpaired) electrons. The lowest BCUT2D eigenvalue weighted by Gasteiger charge is -2.09. The van der Waals surface area contributed by atoms with Gasteiger partial charge in [0.2, 0.25) is 0 Å². The van der Waals surface area contributed by atoms with Gasteiger partial charge in [0.1, 0.15) is 0 Å². The van der Waals surface area contributed by atoms with Gasteiger partial charge in [0, 0.05) is 17.9 Å². The molecule has 2 rings (SSSR count). The van der Waals surface area contributed by atoms with Crippen molar-refractivity contribution in [1.29, 1.82) is 0 Å². The average molecular weight is 252 g/mol. The predicted molar refractivity (Wildman–Crippen MR) is 66.3 cm³/mol. The van der Waals surface area contributed by atoms with Gasteiger partial charge in [-0.1, -0.05) is 0 Å². The molecule has 0 bridgehead atoms. The number of benzene rings is 1. The van der Waals surface area contributed by atoms with Crippen LogP contribution in [0.4, 0.5) is 0 Å². The second-order valence-electron chi connectivity index (χ2n) is 3.36. The molecule has 1 heterocycles. The van der Waals surface area contributed by atoms with Gasteiger partial charge in [-0.2, -0.15) is 0 Å². The minimum Gasteiger partial charge on any atom is -0.493 e. The lowest BCUT2D eigenvalue weighted by Crippen LogP contribution is -2.00. The lowest BCUT2D eigenvalue weighted by molar-refractivity contribution is 0.0493. The highest BCUT2D eigenvalue weighted by molar-refractivity contribution is 7.20. The molecule has 0 aliphatic rings. The molecular formula is C12H12O4S. The molecule has 0 amide bonds. The van der Waals surface area contributed by atoms with Crippen LogP contribution >= 0.6 is 11.3 Å². The number of methoxy groups -OCH3 is 2. The first kappa shape index (κ1) is 11.9. The number of fused-ring (bicyclic) bond motifs is 1. The fourth-order valence-corrected chi connectivity index (χ4v) is 2.41. The number of carbonyl (C=O) groups is 1. The fraction of sp³-hybridized carbons (Fsp3) is 0.250. The molecule has 0 fully saturated rings. The predicted octanol–water partition coefficient (Wildman–Crippen LogP) is 2.71. The van der Waals surface area contributed by atoms with Crippen LogP contribution in [0.2, 0.25) is 0 Å². The third kappa shape index (κ3) is 2.40. The molecule has 0 unspecified atom stereocenters. The van der Waals surface area contributed by atoms with Crippen LogP contribution in [0.25, 0.3) is 10.1 Å². The number of carbonyl (C=O) groups excluding carboxylic acids is 1. The van der Waals surface area contributed by atoms with E-state index < -0.39 is 0 Å². The monoisotopic (exact) mass is 252 g/mol. The quantitative estimate of drug-likeness (QED) is 0.606. The van der Waals surface area contributed by atoms with Gasteiger partial charge in [-0.25, -0.2) is 0 Å². The van der Waals surface area contributed by atoms with Gasteiger partial charge in [-0.15, -0.1) is 11.3 Å². The Balaban J connectivity index is 2.46. The van der Waals surface area contributed by atoms with E-state index in [0.717, 1.165) is 16.4 Å². The van der Waals surface area contributed by atoms with Gasteiger partial charge in [0.15, 0.2) is 24.6 Å². The number of hydrogen-bond acceptors (Lipinski definition) is 5. The van der Waals surface area contributed by atoms with Crippen LogP contribution in [-0.4, -0.2) is 27.3 Å². The first-order chi connectivity index (χ1) is 8.28. The van der Waals surface area contributed by atoms with Crippen LogP contribution in [0.3, 0.4) is 0 Å². The number of aldehydes is 1. The average Bonchev–Trinajstić information content (AvgIpc) is 2.76. The number of ether oxygens (including phenoxy) is 3. The first-order valence-electron chi connectivity index (χ1n) is 4.97. The first-order valence-corrected chi connectivity index (χ1v) is 5.78. The van der Waals surface area contributed by atoms with Gasteiger partial charge >= 0.3 is 0 Å². The highest BCUT2D eigenvalue weighted by Gasteiger charge is 2.09. The van der Waals surface area contributed by atoms with Crippen molar-refractivity contribution in [3.8, 4) is 11.5 Å². The summed E-state index contributed by atoms with van der Waals surface area (Å²) in [5, 5.41) is 0.962. The molecule has 1 aromatic heterocycles. The summed E-state index contributed by atoms with van der Waals surface area (Å²) >= 11 is 1.42. The second kappa shape index (κ2) is 5.16. The van der Waals surface area contributed by atoms with Crippen LogP contribution in [0.15, 0.2) is 18.2 Å². The molecular weight excluding hydrogens is 240 g/mol. The van der Waals surface area contributed by atoms with E-state index in [2.05, 4.69) is 0 Å². The topological polar surface area (TPSA) is 44.8 Å². The highest BCUT2D eigenvalue weighted by Crippen LogP contribution is 2.36. The smallest absolute Gasteiger partial charge is 0.188 e. The molecule has 1 aromatic carbocycles. The zero-order chi connectivity index (χ0) is 12.3. The van der Waals surface area contributed by atoms with E-state index in [1.807, 2.05) is 18.2 Å². The van der Waals surface area contributed by atoms with Gasteiger partial charge in [0.05, 0.1) is 12.0 Å². The van der Waals surface area contributed by atoms with E-state index in [9.17, 15) is 4.79 Å². The SMILES string of the molecule is COCOc1cc2cc(C=O)sc2cc1OC. The van der Waals surface area contributed by atoms with Crippen LogP contribution in [0.1, 0.15) is 9.67 Å². The summed E-state index contributed by atoms with van der Waals surface area (Å²) in [7, 11) is 3.13. The third-order valence-corrected chi connectivity index (χ3v) is 3.29. The molecule has 0 N–H and O–H groups in total. The van der Waals surface area contributed by atoms with Crippen molar-refractivity contribution in [2.75, 3.05) is 21.0 Å². The van der Waals surface area contributed by atoms with Crippen molar-refractivity contribution in [3.63, 3.8) is 0 Å². The summed E-state index contributed by atoms with van der Waals surface area (Å²) < 4.78 is 16.5. The molecule has 0 spiro atoms. The van der Waals surface area contributed by atoms with E-state index in [0.29, 0.717) is 16.4 Å². The van der Waals surface area contributed by atoms with E-state index in [1.165, 1.54) is 11.3 Å². The molecule has 17 heavy (non-hydrogen) atoms. The maximum absolute atomic E-state index is 10.7. The van der Waals surface area contributed by atoms with Crippen LogP contribution < -0.4 is 9.47 Å². The fourth-order valence-electron chi connectivity index (χ4n) is 1.52. The summed E-state index contributed by atoms with van der Waals surface area (Å²) in [5.74, 6) is 1.24. The molecule has 0 aliphatic carbocycles. The second-order valence-corrected chi connectivity index (χ2v) is 4.47. The maximum Gasteiger partial charge on any atom is 0.188 e. The summed E-state index contributed by atoms with van der Waals surface area (Å²) in [6.07, 6.45) is 0.840. The Morgan fingerprint density at radius 1 is 1.24 bits per heavy atom. The van der Waals surface area contributed by atoms with Crippen molar-refractivity contribution in [3.05, 3.63) is 23.1 Å². The van der Waals surface area contributed by atoms with Gasteiger partial charge < -0.3 is 14.2 Å². The zero-order valence-corrected chi connectivity index (χ0v) is 10.4. The van der Waals surface area contributed by atoms with E-state index in [-0.39, 0.29) is 6.79 Å². The van der Waals surface area contributed by atoms with Crippen LogP contribution in [-0.2, 0) is 4.74 Å². The molecule has 0 atom stereocenters. The molecule has 0 saturated heterocycles. The van der Waals surface area contributed by atoms with E-state index in [4.69, 9.17) is 14.2 Å². The molecule has 90 valence electrons. The number of rotatable bonds is 5. The van der Waals surface area contributed by atoms with Gasteiger partial charge in [-0.05, 0) is 17.5 Å². The van der Waals surface area contributed by atoms with Crippen molar-refractivity contribution in [2.45, 2.75) is 0 Å². The molecule has 2 aromatic rings. The summed E-state index contributed by atoms with van der Waals surface area (Å²) in [6, 6.07) is 5.53. The minimum atomic E-state index is 0.159. The number of thiophene rings is 1. The standard InChI is InChI=1S/C12H12O4S/c1-14-7-16-11-4-8-3-9(6-13)17-12(8)5-10(11)15-2/h3-6H,7H2,1-2H3. The minimum absolute atomic E-state index is 0.159. The van der Waals surface area contributed by atoms with Gasteiger partial charge in [0.25, 0.3) is 0 Å². The van der Waals surface area contributed by atoms with Crippen molar-refractivity contribution in [1.82, 2.24) is 0 Å². The zero-order valence-electron chi connectivity index (χ0n) is 9.56. The molecule has 4 nitrogen and oxygen atoms in total. The van der Waals surface area contributed by atoms with Crippen molar-refractivity contribution < 1.29 is 19.0 Å². The van der Waals surface area contributed by atoms with Crippen molar-refractivity contribution in [2.24, 2.45) is 0 Å². The Labute approximate surface area is 103 Å². The van der Waals surface area contributed by atoms with Gasteiger partial charge in [-0.3, -0.25) is 4.79 Å². The Hall–Kier alpha value is -1.59. The third-order valence-electron chi connectivity index (χ3n) is 2.27. The maximum atomic E-state index is 10.7. The normalized spacial score (nSPS) is 10.5. The van der Waals surface area contributed by atoms with E-state index in [1.54, 1.807) is 14.2 Å². The van der Waals surface area contributed by atoms with Crippen LogP contribution in [0.5, 0.6) is 11.5 Å². The summed E-state index contributed by atoms with van der Waals surface area (Å²) in [4.78, 5) is 11.4. The number of hydrogen-bond donors (Lipinski definition) is 0. The van der Waals surface area contributed by atoms with E-state index >= 15 is 0 Å². The molecule has 0 aliphatic heterocycles. The Kier molecular flexibility index (Phi) is 3.61. The largest absolute Gasteiger partial charge is 0.493 e. The summed E-state index contributed by atoms with van der Waals surface area (Å²) in [5.41, 5.74) is 0. The highest BCUT2D eigenvalue weighted by atomic mass is 32.1. The Morgan fingerprint density at radius 3 is 2.71 bits per heavy atom.